The van der Waals surface area contributed by atoms with Crippen molar-refractivity contribution in [1.29, 1.82) is 0 Å². The van der Waals surface area contributed by atoms with Crippen LogP contribution in [0.15, 0.2) is 78.9 Å². The van der Waals surface area contributed by atoms with Crippen LogP contribution in [-0.2, 0) is 27.3 Å². The van der Waals surface area contributed by atoms with Crippen molar-refractivity contribution in [3.05, 3.63) is 101 Å². The molecule has 0 aromatic heterocycles. The zero-order chi connectivity index (χ0) is 25.9. The van der Waals surface area contributed by atoms with Crippen molar-refractivity contribution in [3.63, 3.8) is 0 Å². The topological polar surface area (TPSA) is 122 Å². The van der Waals surface area contributed by atoms with Gasteiger partial charge in [0.15, 0.2) is 0 Å². The lowest BCUT2D eigenvalue weighted by Crippen LogP contribution is -2.33. The summed E-state index contributed by atoms with van der Waals surface area (Å²) in [6.45, 7) is -0.470. The van der Waals surface area contributed by atoms with Crippen LogP contribution >= 0.6 is 0 Å². The van der Waals surface area contributed by atoms with E-state index in [-0.39, 0.29) is 24.5 Å². The van der Waals surface area contributed by atoms with E-state index < -0.39 is 30.6 Å². The third-order valence-electron chi connectivity index (χ3n) is 5.65. The fourth-order valence-electron chi connectivity index (χ4n) is 3.62. The molecule has 1 amide bonds. The van der Waals surface area contributed by atoms with Crippen LogP contribution in [0, 0.1) is 5.92 Å². The first-order valence-corrected chi connectivity index (χ1v) is 11.5. The van der Waals surface area contributed by atoms with Gasteiger partial charge in [-0.15, -0.1) is 0 Å². The number of amides is 1. The molecule has 0 aliphatic heterocycles. The van der Waals surface area contributed by atoms with Crippen LogP contribution in [0.4, 0.5) is 5.69 Å². The van der Waals surface area contributed by atoms with Gasteiger partial charge in [-0.2, -0.15) is 0 Å². The number of aliphatic hydroxyl groups excluding tert-OH is 2. The fraction of sp³-hybridized carbons (Fsp3) is 0.250. The van der Waals surface area contributed by atoms with E-state index in [0.717, 1.165) is 11.1 Å². The van der Waals surface area contributed by atoms with Crippen molar-refractivity contribution in [1.82, 2.24) is 0 Å². The Balaban J connectivity index is 1.55. The molecule has 0 saturated carbocycles. The normalized spacial score (nSPS) is 12.3. The lowest BCUT2D eigenvalue weighted by molar-refractivity contribution is -0.156. The zero-order valence-electron chi connectivity index (χ0n) is 19.9. The van der Waals surface area contributed by atoms with Crippen LogP contribution in [0.25, 0.3) is 0 Å². The number of carbonyl (C=O) groups is 3. The van der Waals surface area contributed by atoms with Crippen LogP contribution in [0.5, 0.6) is 0 Å². The number of aliphatic hydroxyl groups is 2. The Morgan fingerprint density at radius 1 is 0.889 bits per heavy atom. The van der Waals surface area contributed by atoms with E-state index in [1.54, 1.807) is 36.4 Å². The molecule has 3 aromatic rings. The number of methoxy groups -OCH3 is 1. The van der Waals surface area contributed by atoms with Gasteiger partial charge in [0.05, 0.1) is 25.4 Å². The van der Waals surface area contributed by atoms with E-state index >= 15 is 0 Å². The summed E-state index contributed by atoms with van der Waals surface area (Å²) < 4.78 is 9.94. The van der Waals surface area contributed by atoms with E-state index in [4.69, 9.17) is 4.74 Å². The maximum atomic E-state index is 12.6. The highest BCUT2D eigenvalue weighted by molar-refractivity contribution is 6.05. The van der Waals surface area contributed by atoms with Crippen LogP contribution in [-0.4, -0.2) is 47.9 Å². The first-order valence-electron chi connectivity index (χ1n) is 11.5. The number of carbonyl (C=O) groups excluding carboxylic acids is 3. The molecule has 0 bridgehead atoms. The van der Waals surface area contributed by atoms with E-state index in [0.29, 0.717) is 17.7 Å². The highest BCUT2D eigenvalue weighted by atomic mass is 16.5. The number of nitrogens with one attached hydrogen (secondary N) is 1. The highest BCUT2D eigenvalue weighted by Gasteiger charge is 2.27. The molecule has 0 radical (unpaired) electrons. The van der Waals surface area contributed by atoms with Gasteiger partial charge < -0.3 is 25.0 Å². The monoisotopic (exact) mass is 491 g/mol. The van der Waals surface area contributed by atoms with Gasteiger partial charge >= 0.3 is 11.9 Å². The van der Waals surface area contributed by atoms with Crippen molar-refractivity contribution in [3.8, 4) is 0 Å². The van der Waals surface area contributed by atoms with Crippen molar-refractivity contribution in [2.75, 3.05) is 19.0 Å². The molecule has 0 aliphatic rings. The molecule has 0 heterocycles. The van der Waals surface area contributed by atoms with Gasteiger partial charge in [0, 0.05) is 11.3 Å². The second-order valence-corrected chi connectivity index (χ2v) is 8.22. The quantitative estimate of drug-likeness (QED) is 0.352. The number of esters is 2. The molecule has 8 nitrogen and oxygen atoms in total. The Morgan fingerprint density at radius 3 is 2.31 bits per heavy atom. The molecule has 36 heavy (non-hydrogen) atoms. The Morgan fingerprint density at radius 2 is 1.58 bits per heavy atom. The van der Waals surface area contributed by atoms with E-state index in [1.165, 1.54) is 13.2 Å². The predicted octanol–water partition coefficient (Wildman–Crippen LogP) is 3.37. The second-order valence-electron chi connectivity index (χ2n) is 8.22. The Kier molecular flexibility index (Phi) is 9.73. The number of rotatable bonds is 11. The first kappa shape index (κ1) is 26.6. The van der Waals surface area contributed by atoms with Crippen LogP contribution in [0.3, 0.4) is 0 Å². The molecule has 3 N–H and O–H groups in total. The van der Waals surface area contributed by atoms with E-state index in [1.807, 2.05) is 36.4 Å². The minimum absolute atomic E-state index is 0.0627. The van der Waals surface area contributed by atoms with Gasteiger partial charge in [0.1, 0.15) is 12.5 Å². The Hall–Kier alpha value is -4.01. The van der Waals surface area contributed by atoms with Gasteiger partial charge in [-0.3, -0.25) is 9.59 Å². The number of hydrogen-bond acceptors (Lipinski definition) is 7. The summed E-state index contributed by atoms with van der Waals surface area (Å²) in [5.74, 6) is -2.64. The van der Waals surface area contributed by atoms with Gasteiger partial charge in [-0.1, -0.05) is 48.5 Å². The third kappa shape index (κ3) is 7.49. The van der Waals surface area contributed by atoms with Crippen molar-refractivity contribution >= 4 is 23.5 Å². The minimum atomic E-state index is -1.10. The average molecular weight is 492 g/mol. The van der Waals surface area contributed by atoms with E-state index in [2.05, 4.69) is 10.1 Å². The predicted molar refractivity (Wildman–Crippen MR) is 133 cm³/mol. The zero-order valence-corrected chi connectivity index (χ0v) is 19.9. The Bertz CT molecular complexity index is 1180. The third-order valence-corrected chi connectivity index (χ3v) is 5.65. The largest absolute Gasteiger partial charge is 0.465 e. The lowest BCUT2D eigenvalue weighted by Gasteiger charge is -2.20. The number of ether oxygens (including phenoxy) is 2. The molecule has 3 aromatic carbocycles. The van der Waals surface area contributed by atoms with Crippen molar-refractivity contribution < 1.29 is 34.1 Å². The van der Waals surface area contributed by atoms with E-state index in [9.17, 15) is 24.6 Å². The van der Waals surface area contributed by atoms with Gasteiger partial charge in [0.2, 0.25) is 0 Å². The number of anilines is 1. The molecule has 2 unspecified atom stereocenters. The van der Waals surface area contributed by atoms with Crippen LogP contribution in [0.2, 0.25) is 0 Å². The molecule has 0 aliphatic carbocycles. The maximum absolute atomic E-state index is 12.6. The second kappa shape index (κ2) is 13.2. The lowest BCUT2D eigenvalue weighted by atomic mass is 9.96. The maximum Gasteiger partial charge on any atom is 0.337 e. The number of hydrogen-bond donors (Lipinski definition) is 3. The first-order chi connectivity index (χ1) is 17.4. The van der Waals surface area contributed by atoms with Gasteiger partial charge in [-0.05, 0) is 54.3 Å². The van der Waals surface area contributed by atoms with Crippen molar-refractivity contribution in [2.45, 2.75) is 25.6 Å². The highest BCUT2D eigenvalue weighted by Crippen LogP contribution is 2.18. The number of aryl methyl sites for hydroxylation is 1. The minimum Gasteiger partial charge on any atom is -0.465 e. The summed E-state index contributed by atoms with van der Waals surface area (Å²) >= 11 is 0. The number of benzene rings is 3. The fourth-order valence-corrected chi connectivity index (χ4v) is 3.62. The molecule has 0 fully saturated rings. The smallest absolute Gasteiger partial charge is 0.337 e. The van der Waals surface area contributed by atoms with Gasteiger partial charge in [-0.25, -0.2) is 4.79 Å². The molecule has 3 rings (SSSR count). The summed E-state index contributed by atoms with van der Waals surface area (Å²) in [7, 11) is 1.27. The molecular formula is C28H29NO7. The Labute approximate surface area is 209 Å². The molecule has 0 spiro atoms. The summed E-state index contributed by atoms with van der Waals surface area (Å²) in [5.41, 5.74) is 2.75. The SMILES string of the molecule is COC(=O)c1cccc(C(=O)Nc2cccc(CCC(O)C(CO)C(=O)OCc3ccccc3)c2)c1. The summed E-state index contributed by atoms with van der Waals surface area (Å²) in [4.78, 5) is 36.7. The van der Waals surface area contributed by atoms with Crippen LogP contribution in [0.1, 0.15) is 38.3 Å². The van der Waals surface area contributed by atoms with Gasteiger partial charge in [0.25, 0.3) is 5.91 Å². The molecule has 8 heteroatoms. The van der Waals surface area contributed by atoms with Crippen LogP contribution < -0.4 is 5.32 Å². The summed E-state index contributed by atoms with van der Waals surface area (Å²) in [5, 5.41) is 23.0. The summed E-state index contributed by atoms with van der Waals surface area (Å²) in [6.07, 6.45) is -0.479. The molecular weight excluding hydrogens is 462 g/mol. The standard InChI is InChI=1S/C28H29NO7/c1-35-27(33)22-11-6-10-21(16-22)26(32)29-23-12-5-9-19(15-23)13-14-25(31)24(17-30)28(34)36-18-20-7-3-2-4-8-20/h2-12,15-16,24-25,30-31H,13-14,17-18H2,1H3,(H,29,32). The molecule has 2 atom stereocenters. The molecule has 0 saturated heterocycles. The van der Waals surface area contributed by atoms with Crippen molar-refractivity contribution in [2.24, 2.45) is 5.92 Å². The summed E-state index contributed by atoms with van der Waals surface area (Å²) in [6, 6.07) is 22.4. The average Bonchev–Trinajstić information content (AvgIpc) is 2.91. The molecule has 188 valence electrons.